The predicted molar refractivity (Wildman–Crippen MR) is 49.3 cm³/mol. The number of halogens is 3. The fraction of sp³-hybridized carbons (Fsp3) is 0.889. The highest BCUT2D eigenvalue weighted by Crippen LogP contribution is 2.21. The van der Waals surface area contributed by atoms with E-state index in [9.17, 15) is 18.0 Å². The van der Waals surface area contributed by atoms with Gasteiger partial charge >= 0.3 is 6.18 Å². The number of alkyl halides is 3. The summed E-state index contributed by atoms with van der Waals surface area (Å²) >= 11 is 0. The van der Waals surface area contributed by atoms with Crippen LogP contribution < -0.4 is 10.6 Å². The van der Waals surface area contributed by atoms with E-state index >= 15 is 0 Å². The van der Waals surface area contributed by atoms with Crippen LogP contribution in [0.15, 0.2) is 0 Å². The van der Waals surface area contributed by atoms with Gasteiger partial charge in [-0.2, -0.15) is 13.2 Å². The molecule has 0 bridgehead atoms. The number of amides is 1. The van der Waals surface area contributed by atoms with Crippen molar-refractivity contribution in [1.82, 2.24) is 10.6 Å². The smallest absolute Gasteiger partial charge is 0.353 e. The number of hydrogen-bond donors (Lipinski definition) is 2. The van der Waals surface area contributed by atoms with Crippen LogP contribution >= 0.6 is 0 Å². The lowest BCUT2D eigenvalue weighted by Gasteiger charge is -2.27. The first kappa shape index (κ1) is 12.3. The van der Waals surface area contributed by atoms with Crippen LogP contribution in [-0.2, 0) is 4.79 Å². The number of carbonyl (C=O) groups excluding carboxylic acids is 1. The average Bonchev–Trinajstić information content (AvgIpc) is 1.92. The fourth-order valence-electron chi connectivity index (χ4n) is 1.49. The summed E-state index contributed by atoms with van der Waals surface area (Å²) in [6.45, 7) is 2.92. The second-order valence-electron chi connectivity index (χ2n) is 4.02. The molecule has 88 valence electrons. The molecule has 0 saturated carbocycles. The van der Waals surface area contributed by atoms with Crippen LogP contribution in [0.1, 0.15) is 19.8 Å². The molecule has 1 rings (SSSR count). The molecule has 1 amide bonds. The minimum atomic E-state index is -4.22. The quantitative estimate of drug-likeness (QED) is 0.749. The summed E-state index contributed by atoms with van der Waals surface area (Å²) in [5, 5.41) is 5.35. The zero-order valence-corrected chi connectivity index (χ0v) is 8.53. The molecule has 0 aliphatic carbocycles. The van der Waals surface area contributed by atoms with Gasteiger partial charge in [-0.3, -0.25) is 4.79 Å². The van der Waals surface area contributed by atoms with Crippen molar-refractivity contribution in [3.05, 3.63) is 0 Å². The third kappa shape index (κ3) is 5.01. The van der Waals surface area contributed by atoms with Crippen molar-refractivity contribution in [2.45, 2.75) is 32.0 Å². The zero-order chi connectivity index (χ0) is 11.5. The van der Waals surface area contributed by atoms with Gasteiger partial charge in [0.15, 0.2) is 0 Å². The molecule has 2 N–H and O–H groups in total. The Balaban J connectivity index is 2.18. The van der Waals surface area contributed by atoms with E-state index in [4.69, 9.17) is 0 Å². The summed E-state index contributed by atoms with van der Waals surface area (Å²) in [5.74, 6) is -0.0127. The number of rotatable bonds is 4. The molecule has 3 nitrogen and oxygen atoms in total. The van der Waals surface area contributed by atoms with Crippen LogP contribution in [0.2, 0.25) is 0 Å². The first-order valence-corrected chi connectivity index (χ1v) is 4.93. The van der Waals surface area contributed by atoms with E-state index in [0.717, 1.165) is 13.1 Å². The highest BCUT2D eigenvalue weighted by molar-refractivity contribution is 5.76. The van der Waals surface area contributed by atoms with Crippen LogP contribution in [0.4, 0.5) is 13.2 Å². The summed E-state index contributed by atoms with van der Waals surface area (Å²) in [6.07, 6.45) is -4.87. The van der Waals surface area contributed by atoms with Gasteiger partial charge in [0, 0.05) is 12.5 Å². The van der Waals surface area contributed by atoms with Crippen LogP contribution in [0.25, 0.3) is 0 Å². The molecule has 0 aromatic carbocycles. The molecule has 0 radical (unpaired) electrons. The Kier molecular flexibility index (Phi) is 3.96. The van der Waals surface area contributed by atoms with Crippen LogP contribution in [0.5, 0.6) is 0 Å². The van der Waals surface area contributed by atoms with Gasteiger partial charge in [-0.05, 0) is 25.9 Å². The molecule has 15 heavy (non-hydrogen) atoms. The highest BCUT2D eigenvalue weighted by Gasteiger charge is 2.31. The summed E-state index contributed by atoms with van der Waals surface area (Å²) in [4.78, 5) is 11.2. The van der Waals surface area contributed by atoms with Crippen molar-refractivity contribution in [3.8, 4) is 0 Å². The van der Waals surface area contributed by atoms with Gasteiger partial charge in [-0.25, -0.2) is 0 Å². The summed E-state index contributed by atoms with van der Waals surface area (Å²) in [6, 6.07) is -0.842. The van der Waals surface area contributed by atoms with Gasteiger partial charge in [-0.15, -0.1) is 0 Å². The highest BCUT2D eigenvalue weighted by atomic mass is 19.4. The molecule has 0 aromatic heterocycles. The van der Waals surface area contributed by atoms with E-state index in [1.54, 1.807) is 0 Å². The van der Waals surface area contributed by atoms with Crippen molar-refractivity contribution in [1.29, 1.82) is 0 Å². The molecule has 1 atom stereocenters. The lowest BCUT2D eigenvalue weighted by atomic mass is 9.99. The second kappa shape index (κ2) is 4.83. The second-order valence-corrected chi connectivity index (χ2v) is 4.02. The fourth-order valence-corrected chi connectivity index (χ4v) is 1.49. The first-order chi connectivity index (χ1) is 6.87. The van der Waals surface area contributed by atoms with Crippen molar-refractivity contribution >= 4 is 5.91 Å². The SMILES string of the molecule is CC(CC(F)(F)F)NC(=O)CC1CNC1. The van der Waals surface area contributed by atoms with E-state index in [0.29, 0.717) is 6.42 Å². The third-order valence-corrected chi connectivity index (χ3v) is 2.29. The van der Waals surface area contributed by atoms with Crippen LogP contribution in [0, 0.1) is 5.92 Å². The maximum atomic E-state index is 11.9. The van der Waals surface area contributed by atoms with Gasteiger partial charge in [-0.1, -0.05) is 0 Å². The van der Waals surface area contributed by atoms with E-state index in [2.05, 4.69) is 10.6 Å². The van der Waals surface area contributed by atoms with Crippen LogP contribution in [0.3, 0.4) is 0 Å². The number of nitrogens with one attached hydrogen (secondary N) is 2. The van der Waals surface area contributed by atoms with Crippen LogP contribution in [-0.4, -0.2) is 31.2 Å². The Labute approximate surface area is 86.4 Å². The summed E-state index contributed by atoms with van der Waals surface area (Å²) in [5.41, 5.74) is 0. The Morgan fingerprint density at radius 2 is 2.13 bits per heavy atom. The molecule has 1 aliphatic heterocycles. The Bertz CT molecular complexity index is 226. The van der Waals surface area contributed by atoms with Crippen molar-refractivity contribution in [2.75, 3.05) is 13.1 Å². The van der Waals surface area contributed by atoms with Gasteiger partial charge in [0.05, 0.1) is 6.42 Å². The van der Waals surface area contributed by atoms with E-state index < -0.39 is 18.6 Å². The monoisotopic (exact) mass is 224 g/mol. The molecule has 1 heterocycles. The normalized spacial score (nSPS) is 19.5. The average molecular weight is 224 g/mol. The van der Waals surface area contributed by atoms with Crippen molar-refractivity contribution in [2.24, 2.45) is 5.92 Å². The molecule has 0 aromatic rings. The van der Waals surface area contributed by atoms with E-state index in [-0.39, 0.29) is 11.8 Å². The largest absolute Gasteiger partial charge is 0.391 e. The predicted octanol–water partition coefficient (Wildman–Crippen LogP) is 1.05. The number of carbonyl (C=O) groups is 1. The van der Waals surface area contributed by atoms with Gasteiger partial charge in [0.1, 0.15) is 0 Å². The maximum absolute atomic E-state index is 11.9. The molecular formula is C9H15F3N2O. The third-order valence-electron chi connectivity index (χ3n) is 2.29. The van der Waals surface area contributed by atoms with Crippen molar-refractivity contribution < 1.29 is 18.0 Å². The first-order valence-electron chi connectivity index (χ1n) is 4.93. The van der Waals surface area contributed by atoms with Crippen molar-refractivity contribution in [3.63, 3.8) is 0 Å². The molecular weight excluding hydrogens is 209 g/mol. The Morgan fingerprint density at radius 1 is 1.53 bits per heavy atom. The minimum absolute atomic E-state index is 0.281. The molecule has 1 aliphatic rings. The zero-order valence-electron chi connectivity index (χ0n) is 8.53. The molecule has 1 fully saturated rings. The molecule has 1 unspecified atom stereocenters. The number of hydrogen-bond acceptors (Lipinski definition) is 2. The van der Waals surface area contributed by atoms with E-state index in [1.807, 2.05) is 0 Å². The van der Waals surface area contributed by atoms with Gasteiger partial charge in [0.2, 0.25) is 5.91 Å². The Morgan fingerprint density at radius 3 is 2.53 bits per heavy atom. The Hall–Kier alpha value is -0.780. The standard InChI is InChI=1S/C9H15F3N2O/c1-6(3-9(10,11)12)14-8(15)2-7-4-13-5-7/h6-7,13H,2-5H2,1H3,(H,14,15). The molecule has 0 spiro atoms. The minimum Gasteiger partial charge on any atom is -0.353 e. The molecule has 6 heteroatoms. The lowest BCUT2D eigenvalue weighted by Crippen LogP contribution is -2.46. The lowest BCUT2D eigenvalue weighted by molar-refractivity contribution is -0.141. The van der Waals surface area contributed by atoms with Gasteiger partial charge in [0.25, 0.3) is 0 Å². The topological polar surface area (TPSA) is 41.1 Å². The van der Waals surface area contributed by atoms with Gasteiger partial charge < -0.3 is 10.6 Å². The summed E-state index contributed by atoms with van der Waals surface area (Å²) in [7, 11) is 0. The summed E-state index contributed by atoms with van der Waals surface area (Å²) < 4.78 is 35.8. The van der Waals surface area contributed by atoms with E-state index in [1.165, 1.54) is 6.92 Å². The maximum Gasteiger partial charge on any atom is 0.391 e. The molecule has 1 saturated heterocycles.